The van der Waals surface area contributed by atoms with Crippen LogP contribution in [0.3, 0.4) is 0 Å². The summed E-state index contributed by atoms with van der Waals surface area (Å²) in [5.74, 6) is 0.249. The fourth-order valence-electron chi connectivity index (χ4n) is 3.35. The topological polar surface area (TPSA) is 69.0 Å². The zero-order valence-corrected chi connectivity index (χ0v) is 26.8. The molecule has 0 aliphatic heterocycles. The van der Waals surface area contributed by atoms with Gasteiger partial charge in [-0.05, 0) is 81.9 Å². The number of nitrogens with zero attached hydrogens (tertiary/aromatic N) is 4. The number of aromatic nitrogens is 2. The van der Waals surface area contributed by atoms with E-state index in [2.05, 4.69) is 112 Å². The maximum atomic E-state index is 5.49. The molecule has 0 aliphatic rings. The second-order valence-corrected chi connectivity index (χ2v) is 17.4. The zero-order chi connectivity index (χ0) is 26.9. The maximum absolute atomic E-state index is 5.49. The number of rotatable bonds is 11. The van der Waals surface area contributed by atoms with E-state index in [0.717, 1.165) is 21.2 Å². The van der Waals surface area contributed by atoms with Gasteiger partial charge in [-0.3, -0.25) is 0 Å². The lowest BCUT2D eigenvalue weighted by Gasteiger charge is -2.27. The second-order valence-electron chi connectivity index (χ2n) is 11.2. The lowest BCUT2D eigenvalue weighted by Crippen LogP contribution is -2.20. The summed E-state index contributed by atoms with van der Waals surface area (Å²) in [5, 5.41) is 10.3. The molecule has 10 heteroatoms. The van der Waals surface area contributed by atoms with Crippen LogP contribution in [-0.4, -0.2) is 40.5 Å². The van der Waals surface area contributed by atoms with E-state index in [0.29, 0.717) is 0 Å². The van der Waals surface area contributed by atoms with Crippen molar-refractivity contribution in [3.63, 3.8) is 0 Å². The van der Waals surface area contributed by atoms with E-state index in [-0.39, 0.29) is 22.7 Å². The standard InChI is InChI=1S/C26H40N4O2S2Si2/c1-25(2,3)21(17-29-31-35(7)8)19-11-13-23(27-15-19)33-34-24-14-12-20(16-28-24)22(26(4,5)6)18-30-32-36(9)10/h11-18,21-22H,1-10H3. The summed E-state index contributed by atoms with van der Waals surface area (Å²) in [7, 11) is 1.50. The number of pyridine rings is 2. The summed E-state index contributed by atoms with van der Waals surface area (Å²) in [6.07, 6.45) is 7.71. The first-order valence-corrected chi connectivity index (χ1v) is 19.0. The fraction of sp³-hybridized carbons (Fsp3) is 0.538. The molecule has 2 atom stereocenters. The molecular formula is C26H40N4O2S2Si2. The molecule has 0 bridgehead atoms. The van der Waals surface area contributed by atoms with Crippen LogP contribution in [0.15, 0.2) is 57.0 Å². The Morgan fingerprint density at radius 3 is 1.31 bits per heavy atom. The highest BCUT2D eigenvalue weighted by atomic mass is 33.1. The molecule has 0 fully saturated rings. The van der Waals surface area contributed by atoms with Crippen molar-refractivity contribution in [1.82, 2.24) is 9.97 Å². The highest BCUT2D eigenvalue weighted by Crippen LogP contribution is 2.39. The normalized spacial score (nSPS) is 14.7. The van der Waals surface area contributed by atoms with E-state index in [1.807, 2.05) is 24.8 Å². The predicted molar refractivity (Wildman–Crippen MR) is 159 cm³/mol. The highest BCUT2D eigenvalue weighted by molar-refractivity contribution is 8.76. The van der Waals surface area contributed by atoms with Crippen molar-refractivity contribution in [2.45, 2.75) is 89.6 Å². The minimum Gasteiger partial charge on any atom is -0.455 e. The smallest absolute Gasteiger partial charge is 0.313 e. The average Bonchev–Trinajstić information content (AvgIpc) is 2.77. The molecule has 0 N–H and O–H groups in total. The van der Waals surface area contributed by atoms with Crippen LogP contribution in [0.4, 0.5) is 0 Å². The summed E-state index contributed by atoms with van der Waals surface area (Å²) in [6, 6.07) is 8.39. The van der Waals surface area contributed by atoms with Crippen molar-refractivity contribution in [2.24, 2.45) is 21.1 Å². The van der Waals surface area contributed by atoms with Crippen molar-refractivity contribution in [3.05, 3.63) is 47.8 Å². The van der Waals surface area contributed by atoms with Gasteiger partial charge in [-0.15, -0.1) is 10.3 Å². The number of oxime groups is 2. The van der Waals surface area contributed by atoms with Gasteiger partial charge in [-0.25, -0.2) is 9.97 Å². The molecule has 2 aromatic rings. The summed E-state index contributed by atoms with van der Waals surface area (Å²) in [6.45, 7) is 21.5. The average molecular weight is 561 g/mol. The Bertz CT molecular complexity index is 905. The van der Waals surface area contributed by atoms with E-state index in [4.69, 9.17) is 9.05 Å². The van der Waals surface area contributed by atoms with Crippen LogP contribution in [0.2, 0.25) is 26.2 Å². The summed E-state index contributed by atoms with van der Waals surface area (Å²) in [4.78, 5) is 9.37. The van der Waals surface area contributed by atoms with Gasteiger partial charge in [-0.2, -0.15) is 0 Å². The van der Waals surface area contributed by atoms with Gasteiger partial charge in [0, 0.05) is 24.2 Å². The van der Waals surface area contributed by atoms with Crippen LogP contribution in [0, 0.1) is 10.8 Å². The van der Waals surface area contributed by atoms with Crippen molar-refractivity contribution in [1.29, 1.82) is 0 Å². The molecule has 0 spiro atoms. The van der Waals surface area contributed by atoms with E-state index >= 15 is 0 Å². The van der Waals surface area contributed by atoms with Crippen molar-refractivity contribution in [2.75, 3.05) is 0 Å². The summed E-state index contributed by atoms with van der Waals surface area (Å²) in [5.41, 5.74) is 2.28. The Morgan fingerprint density at radius 1 is 0.694 bits per heavy atom. The molecule has 2 rings (SSSR count). The Labute approximate surface area is 229 Å². The zero-order valence-electron chi connectivity index (χ0n) is 23.2. The van der Waals surface area contributed by atoms with Gasteiger partial charge in [0.1, 0.15) is 10.1 Å². The van der Waals surface area contributed by atoms with Crippen LogP contribution < -0.4 is 0 Å². The highest BCUT2D eigenvalue weighted by Gasteiger charge is 2.26. The molecule has 2 aromatic heterocycles. The van der Waals surface area contributed by atoms with Gasteiger partial charge in [0.05, 0.1) is 12.4 Å². The van der Waals surface area contributed by atoms with Crippen LogP contribution in [-0.2, 0) is 9.05 Å². The molecule has 196 valence electrons. The Hall–Kier alpha value is -1.63. The SMILES string of the molecule is C[Si](C)ON=CC(c1ccc(SSc2ccc(C(C=NO[Si](C)C)C(C)(C)C)cn2)nc1)C(C)(C)C. The van der Waals surface area contributed by atoms with Gasteiger partial charge >= 0.3 is 18.1 Å². The lowest BCUT2D eigenvalue weighted by molar-refractivity contribution is 0.338. The Balaban J connectivity index is 2.06. The van der Waals surface area contributed by atoms with E-state index < -0.39 is 18.1 Å². The number of hydrogen-bond donors (Lipinski definition) is 0. The molecule has 2 radical (unpaired) electrons. The molecule has 2 heterocycles. The molecule has 0 aliphatic carbocycles. The van der Waals surface area contributed by atoms with Gasteiger partial charge in [0.15, 0.2) is 0 Å². The quantitative estimate of drug-likeness (QED) is 0.120. The minimum absolute atomic E-state index is 0.00988. The van der Waals surface area contributed by atoms with Crippen molar-refractivity contribution in [3.8, 4) is 0 Å². The largest absolute Gasteiger partial charge is 0.455 e. The van der Waals surface area contributed by atoms with E-state index in [1.165, 1.54) is 0 Å². The van der Waals surface area contributed by atoms with E-state index in [1.54, 1.807) is 21.6 Å². The number of hydrogen-bond acceptors (Lipinski definition) is 8. The second kappa shape index (κ2) is 13.8. The Morgan fingerprint density at radius 2 is 1.06 bits per heavy atom. The predicted octanol–water partition coefficient (Wildman–Crippen LogP) is 8.04. The van der Waals surface area contributed by atoms with Gasteiger partial charge in [0.2, 0.25) is 0 Å². The molecule has 36 heavy (non-hydrogen) atoms. The van der Waals surface area contributed by atoms with E-state index in [9.17, 15) is 0 Å². The van der Waals surface area contributed by atoms with Crippen molar-refractivity contribution < 1.29 is 9.05 Å². The van der Waals surface area contributed by atoms with Crippen LogP contribution in [0.5, 0.6) is 0 Å². The summed E-state index contributed by atoms with van der Waals surface area (Å²) >= 11 is 0. The van der Waals surface area contributed by atoms with Gasteiger partial charge in [-0.1, -0.05) is 53.7 Å². The Kier molecular flexibility index (Phi) is 11.7. The molecule has 0 aromatic carbocycles. The molecule has 0 saturated carbocycles. The van der Waals surface area contributed by atoms with Crippen LogP contribution >= 0.6 is 21.6 Å². The third kappa shape index (κ3) is 10.4. The van der Waals surface area contributed by atoms with Crippen LogP contribution in [0.1, 0.15) is 64.5 Å². The molecule has 0 amide bonds. The van der Waals surface area contributed by atoms with Gasteiger partial charge in [0.25, 0.3) is 0 Å². The minimum atomic E-state index is -0.855. The third-order valence-electron chi connectivity index (χ3n) is 5.21. The molecule has 0 saturated heterocycles. The monoisotopic (exact) mass is 560 g/mol. The summed E-state index contributed by atoms with van der Waals surface area (Å²) < 4.78 is 11.0. The molecular weight excluding hydrogens is 521 g/mol. The first-order valence-electron chi connectivity index (χ1n) is 12.0. The van der Waals surface area contributed by atoms with Gasteiger partial charge < -0.3 is 9.05 Å². The lowest BCUT2D eigenvalue weighted by atomic mass is 9.78. The van der Waals surface area contributed by atoms with Crippen LogP contribution in [0.25, 0.3) is 0 Å². The first-order chi connectivity index (χ1) is 16.8. The first kappa shape index (κ1) is 30.6. The maximum Gasteiger partial charge on any atom is 0.313 e. The molecule has 6 nitrogen and oxygen atoms in total. The van der Waals surface area contributed by atoms with Crippen molar-refractivity contribution >= 4 is 52.1 Å². The fourth-order valence-corrected chi connectivity index (χ4v) is 5.60. The third-order valence-corrected chi connectivity index (χ3v) is 8.33. The molecule has 2 unspecified atom stereocenters.